The van der Waals surface area contributed by atoms with E-state index < -0.39 is 11.7 Å². The van der Waals surface area contributed by atoms with Gasteiger partial charge >= 0.3 is 6.18 Å². The minimum atomic E-state index is -4.40. The van der Waals surface area contributed by atoms with Crippen molar-refractivity contribution in [2.75, 3.05) is 0 Å². The van der Waals surface area contributed by atoms with Crippen LogP contribution in [0.5, 0.6) is 0 Å². The fourth-order valence-corrected chi connectivity index (χ4v) is 4.91. The Kier molecular flexibility index (Phi) is 5.98. The van der Waals surface area contributed by atoms with Gasteiger partial charge in [-0.25, -0.2) is 0 Å². The maximum absolute atomic E-state index is 13.5. The molecule has 0 aliphatic carbocycles. The molecule has 1 heterocycles. The van der Waals surface area contributed by atoms with Crippen molar-refractivity contribution in [3.63, 3.8) is 0 Å². The zero-order valence-corrected chi connectivity index (χ0v) is 20.3. The summed E-state index contributed by atoms with van der Waals surface area (Å²) in [5, 5.41) is 3.14. The molecule has 4 heteroatoms. The van der Waals surface area contributed by atoms with Gasteiger partial charge < -0.3 is 4.57 Å². The van der Waals surface area contributed by atoms with Crippen LogP contribution in [0.1, 0.15) is 22.3 Å². The summed E-state index contributed by atoms with van der Waals surface area (Å²) in [6.07, 6.45) is -4.40. The van der Waals surface area contributed by atoms with Gasteiger partial charge in [0.15, 0.2) is 0 Å². The third-order valence-electron chi connectivity index (χ3n) is 6.71. The molecule has 184 valence electrons. The van der Waals surface area contributed by atoms with E-state index in [1.165, 1.54) is 12.1 Å². The standard InChI is InChI=1S/C34H22F3N/c35-34(36,37)28-15-9-12-25(20-28)23-38-32(26-13-5-2-6-14-26)22-31-30-17-8-7-16-29(30)27(21-33(31)38)19-18-24-10-3-1-4-11-24/h1-17,20-22H,23H2. The van der Waals surface area contributed by atoms with Gasteiger partial charge in [0.1, 0.15) is 0 Å². The molecule has 0 radical (unpaired) electrons. The molecule has 1 nitrogen and oxygen atoms in total. The van der Waals surface area contributed by atoms with E-state index in [9.17, 15) is 13.2 Å². The molecule has 0 fully saturated rings. The Hall–Kier alpha value is -4.75. The van der Waals surface area contributed by atoms with Crippen molar-refractivity contribution in [1.29, 1.82) is 0 Å². The van der Waals surface area contributed by atoms with Gasteiger partial charge in [0.2, 0.25) is 0 Å². The van der Waals surface area contributed by atoms with Gasteiger partial charge in [0.05, 0.1) is 11.1 Å². The number of aromatic nitrogens is 1. The maximum Gasteiger partial charge on any atom is 0.416 e. The van der Waals surface area contributed by atoms with Crippen LogP contribution in [0.25, 0.3) is 32.9 Å². The third-order valence-corrected chi connectivity index (χ3v) is 6.71. The minimum Gasteiger partial charge on any atom is -0.336 e. The maximum atomic E-state index is 13.5. The van der Waals surface area contributed by atoms with Crippen molar-refractivity contribution >= 4 is 21.7 Å². The first-order valence-electron chi connectivity index (χ1n) is 12.3. The van der Waals surface area contributed by atoms with Crippen LogP contribution in [-0.4, -0.2) is 4.57 Å². The fraction of sp³-hybridized carbons (Fsp3) is 0.0588. The second kappa shape index (κ2) is 9.61. The van der Waals surface area contributed by atoms with Gasteiger partial charge in [0, 0.05) is 28.8 Å². The molecule has 6 aromatic rings. The first-order chi connectivity index (χ1) is 18.5. The lowest BCUT2D eigenvalue weighted by molar-refractivity contribution is -0.137. The Labute approximate surface area is 218 Å². The number of benzene rings is 5. The summed E-state index contributed by atoms with van der Waals surface area (Å²) in [6.45, 7) is 0.293. The number of fused-ring (bicyclic) bond motifs is 3. The molecule has 0 amide bonds. The summed E-state index contributed by atoms with van der Waals surface area (Å²) in [6, 6.07) is 37.6. The highest BCUT2D eigenvalue weighted by Crippen LogP contribution is 2.36. The van der Waals surface area contributed by atoms with E-state index in [1.54, 1.807) is 6.07 Å². The largest absolute Gasteiger partial charge is 0.416 e. The predicted molar refractivity (Wildman–Crippen MR) is 148 cm³/mol. The van der Waals surface area contributed by atoms with E-state index >= 15 is 0 Å². The Bertz CT molecular complexity index is 1820. The summed E-state index contributed by atoms with van der Waals surface area (Å²) in [5.41, 5.74) is 4.60. The van der Waals surface area contributed by atoms with Crippen molar-refractivity contribution in [2.24, 2.45) is 0 Å². The third kappa shape index (κ3) is 4.55. The first-order valence-corrected chi connectivity index (χ1v) is 12.3. The number of nitrogens with zero attached hydrogens (tertiary/aromatic N) is 1. The lowest BCUT2D eigenvalue weighted by Gasteiger charge is -2.14. The molecular weight excluding hydrogens is 479 g/mol. The Morgan fingerprint density at radius 3 is 2.03 bits per heavy atom. The molecule has 0 saturated carbocycles. The Morgan fingerprint density at radius 2 is 1.29 bits per heavy atom. The molecule has 0 aliphatic rings. The van der Waals surface area contributed by atoms with E-state index in [4.69, 9.17) is 0 Å². The zero-order chi connectivity index (χ0) is 26.1. The number of halogens is 3. The highest BCUT2D eigenvalue weighted by atomic mass is 19.4. The smallest absolute Gasteiger partial charge is 0.336 e. The molecule has 0 aliphatic heterocycles. The van der Waals surface area contributed by atoms with Crippen molar-refractivity contribution in [3.05, 3.63) is 144 Å². The molecular formula is C34H22F3N. The molecule has 0 atom stereocenters. The van der Waals surface area contributed by atoms with Crippen LogP contribution < -0.4 is 0 Å². The van der Waals surface area contributed by atoms with Gasteiger partial charge in [-0.05, 0) is 58.3 Å². The van der Waals surface area contributed by atoms with Crippen LogP contribution in [-0.2, 0) is 12.7 Å². The van der Waals surface area contributed by atoms with Crippen LogP contribution in [0.4, 0.5) is 13.2 Å². The summed E-state index contributed by atoms with van der Waals surface area (Å²) in [5.74, 6) is 6.62. The van der Waals surface area contributed by atoms with Crippen LogP contribution in [0.15, 0.2) is 121 Å². The lowest BCUT2D eigenvalue weighted by atomic mass is 10.0. The number of alkyl halides is 3. The average molecular weight is 502 g/mol. The summed E-state index contributed by atoms with van der Waals surface area (Å²) >= 11 is 0. The fourth-order valence-electron chi connectivity index (χ4n) is 4.91. The molecule has 5 aromatic carbocycles. The quantitative estimate of drug-likeness (QED) is 0.213. The summed E-state index contributed by atoms with van der Waals surface area (Å²) in [4.78, 5) is 0. The van der Waals surface area contributed by atoms with Gasteiger partial charge in [-0.2, -0.15) is 13.2 Å². The van der Waals surface area contributed by atoms with Gasteiger partial charge in [-0.1, -0.05) is 96.8 Å². The van der Waals surface area contributed by atoms with E-state index in [0.29, 0.717) is 12.1 Å². The van der Waals surface area contributed by atoms with Gasteiger partial charge in [-0.15, -0.1) is 0 Å². The molecule has 0 saturated heterocycles. The van der Waals surface area contributed by atoms with Gasteiger partial charge in [0.25, 0.3) is 0 Å². The molecule has 6 rings (SSSR count). The van der Waals surface area contributed by atoms with E-state index in [-0.39, 0.29) is 0 Å². The highest BCUT2D eigenvalue weighted by molar-refractivity contribution is 6.11. The second-order valence-corrected chi connectivity index (χ2v) is 9.20. The van der Waals surface area contributed by atoms with Crippen LogP contribution in [0.2, 0.25) is 0 Å². The molecule has 0 spiro atoms. The average Bonchev–Trinajstić information content (AvgIpc) is 3.30. The topological polar surface area (TPSA) is 4.93 Å². The number of hydrogen-bond donors (Lipinski definition) is 0. The monoisotopic (exact) mass is 501 g/mol. The lowest BCUT2D eigenvalue weighted by Crippen LogP contribution is -2.07. The molecule has 0 N–H and O–H groups in total. The first kappa shape index (κ1) is 23.6. The Balaban J connectivity index is 1.60. The number of rotatable bonds is 3. The van der Waals surface area contributed by atoms with Crippen molar-refractivity contribution < 1.29 is 13.2 Å². The van der Waals surface area contributed by atoms with Crippen molar-refractivity contribution in [1.82, 2.24) is 4.57 Å². The SMILES string of the molecule is FC(F)(F)c1cccc(Cn2c(-c3ccccc3)cc3c4ccccc4c(C#Cc4ccccc4)cc32)c1. The summed E-state index contributed by atoms with van der Waals surface area (Å²) in [7, 11) is 0. The molecule has 0 bridgehead atoms. The predicted octanol–water partition coefficient (Wildman–Crippen LogP) is 8.93. The normalized spacial score (nSPS) is 11.4. The Morgan fingerprint density at radius 1 is 0.605 bits per heavy atom. The van der Waals surface area contributed by atoms with E-state index in [2.05, 4.69) is 40.7 Å². The van der Waals surface area contributed by atoms with Crippen LogP contribution in [0, 0.1) is 11.8 Å². The number of hydrogen-bond acceptors (Lipinski definition) is 0. The zero-order valence-electron chi connectivity index (χ0n) is 20.3. The van der Waals surface area contributed by atoms with E-state index in [0.717, 1.165) is 50.1 Å². The second-order valence-electron chi connectivity index (χ2n) is 9.20. The highest BCUT2D eigenvalue weighted by Gasteiger charge is 2.30. The van der Waals surface area contributed by atoms with Crippen LogP contribution in [0.3, 0.4) is 0 Å². The molecule has 1 aromatic heterocycles. The summed E-state index contributed by atoms with van der Waals surface area (Å²) < 4.78 is 42.5. The van der Waals surface area contributed by atoms with Gasteiger partial charge in [-0.3, -0.25) is 0 Å². The van der Waals surface area contributed by atoms with E-state index in [1.807, 2.05) is 72.8 Å². The molecule has 0 unspecified atom stereocenters. The minimum absolute atomic E-state index is 0.293. The molecule has 38 heavy (non-hydrogen) atoms. The van der Waals surface area contributed by atoms with Crippen molar-refractivity contribution in [3.8, 4) is 23.1 Å². The van der Waals surface area contributed by atoms with Crippen LogP contribution >= 0.6 is 0 Å². The van der Waals surface area contributed by atoms with Crippen molar-refractivity contribution in [2.45, 2.75) is 12.7 Å².